The van der Waals surface area contributed by atoms with E-state index >= 15 is 4.39 Å². The summed E-state index contributed by atoms with van der Waals surface area (Å²) in [6.07, 6.45) is -0.970. The standard InChI is InChI=1S/C32H36F4N7O6P/c1-5-48-50(46,49-6-2)18-19-8-9-24(26(12-19)47-4)40-31-37-15-22(32(34,35)36)29(41-31)39-25-13-23(33)27(21-17-42(3)30(45)28(21)25)20-14-38-43(16-20)10-7-11-44/h8-9,12-16,44H,5-7,10-11,17-18H2,1-4H3,(H2,37,39,40,41). The number of aliphatic hydroxyl groups is 1. The third kappa shape index (κ3) is 7.91. The highest BCUT2D eigenvalue weighted by Gasteiger charge is 2.38. The molecule has 0 aliphatic carbocycles. The second-order valence-electron chi connectivity index (χ2n) is 11.2. The summed E-state index contributed by atoms with van der Waals surface area (Å²) < 4.78 is 89.2. The highest BCUT2D eigenvalue weighted by Crippen LogP contribution is 2.52. The van der Waals surface area contributed by atoms with Crippen molar-refractivity contribution in [1.29, 1.82) is 0 Å². The minimum Gasteiger partial charge on any atom is -0.495 e. The van der Waals surface area contributed by atoms with Gasteiger partial charge in [0.2, 0.25) is 5.95 Å². The van der Waals surface area contributed by atoms with E-state index in [2.05, 4.69) is 25.7 Å². The predicted molar refractivity (Wildman–Crippen MR) is 176 cm³/mol. The minimum absolute atomic E-state index is 0.000844. The SMILES string of the molecule is CCOP(=O)(Cc1ccc(Nc2ncc(C(F)(F)F)c(Nc3cc(F)c(-c4cnn(CCCO)c4)c4c3C(=O)N(C)C4)n2)c(OC)c1)OCC. The average Bonchev–Trinajstić information content (AvgIpc) is 3.64. The number of hydrogen-bond donors (Lipinski definition) is 3. The first kappa shape index (κ1) is 36.7. The van der Waals surface area contributed by atoms with Crippen LogP contribution in [0.15, 0.2) is 42.9 Å². The van der Waals surface area contributed by atoms with Gasteiger partial charge in [0, 0.05) is 50.3 Å². The Balaban J connectivity index is 1.50. The molecule has 0 bridgehead atoms. The number of hydrogen-bond acceptors (Lipinski definition) is 11. The van der Waals surface area contributed by atoms with Crippen LogP contribution in [0.4, 0.5) is 40.7 Å². The zero-order valence-corrected chi connectivity index (χ0v) is 28.6. The Labute approximate surface area is 285 Å². The van der Waals surface area contributed by atoms with E-state index in [0.29, 0.717) is 30.3 Å². The Morgan fingerprint density at radius 3 is 2.46 bits per heavy atom. The van der Waals surface area contributed by atoms with E-state index in [1.807, 2.05) is 0 Å². The molecule has 0 unspecified atom stereocenters. The van der Waals surface area contributed by atoms with Crippen molar-refractivity contribution in [2.75, 3.05) is 44.6 Å². The van der Waals surface area contributed by atoms with Crippen molar-refractivity contribution in [1.82, 2.24) is 24.6 Å². The number of aromatic nitrogens is 4. The maximum absolute atomic E-state index is 15.9. The Kier molecular flexibility index (Phi) is 11.1. The van der Waals surface area contributed by atoms with E-state index in [9.17, 15) is 22.5 Å². The lowest BCUT2D eigenvalue weighted by Gasteiger charge is -2.19. The number of carbonyl (C=O) groups excluding carboxylic acids is 1. The van der Waals surface area contributed by atoms with Crippen LogP contribution in [0.25, 0.3) is 11.1 Å². The van der Waals surface area contributed by atoms with Gasteiger partial charge in [-0.2, -0.15) is 23.3 Å². The predicted octanol–water partition coefficient (Wildman–Crippen LogP) is 6.73. The maximum atomic E-state index is 15.9. The number of ether oxygens (including phenoxy) is 1. The Morgan fingerprint density at radius 2 is 1.80 bits per heavy atom. The second-order valence-corrected chi connectivity index (χ2v) is 13.3. The number of nitrogens with zero attached hydrogens (tertiary/aromatic N) is 5. The van der Waals surface area contributed by atoms with Crippen molar-refractivity contribution in [2.24, 2.45) is 0 Å². The number of halogens is 4. The fraction of sp³-hybridized carbons (Fsp3) is 0.375. The molecule has 1 amide bonds. The van der Waals surface area contributed by atoms with Crippen LogP contribution in [0, 0.1) is 5.82 Å². The molecule has 2 aromatic heterocycles. The molecule has 0 saturated carbocycles. The summed E-state index contributed by atoms with van der Waals surface area (Å²) in [6.45, 7) is 4.06. The van der Waals surface area contributed by atoms with Crippen molar-refractivity contribution < 1.29 is 45.8 Å². The Bertz CT molecular complexity index is 1910. The summed E-state index contributed by atoms with van der Waals surface area (Å²) in [6, 6.07) is 5.69. The smallest absolute Gasteiger partial charge is 0.421 e. The molecule has 0 fully saturated rings. The monoisotopic (exact) mass is 721 g/mol. The number of aryl methyl sites for hydroxylation is 1. The van der Waals surface area contributed by atoms with Crippen LogP contribution in [0.5, 0.6) is 5.75 Å². The molecule has 0 atom stereocenters. The summed E-state index contributed by atoms with van der Waals surface area (Å²) in [5.74, 6) is -2.08. The number of amides is 1. The first-order valence-electron chi connectivity index (χ1n) is 15.6. The van der Waals surface area contributed by atoms with Crippen LogP contribution in [0.3, 0.4) is 0 Å². The summed E-state index contributed by atoms with van der Waals surface area (Å²) >= 11 is 0. The normalized spacial score (nSPS) is 13.1. The van der Waals surface area contributed by atoms with Gasteiger partial charge in [0.25, 0.3) is 5.91 Å². The summed E-state index contributed by atoms with van der Waals surface area (Å²) in [5, 5.41) is 18.7. The van der Waals surface area contributed by atoms with Gasteiger partial charge in [0.1, 0.15) is 22.9 Å². The van der Waals surface area contributed by atoms with Crippen LogP contribution in [-0.2, 0) is 39.0 Å². The van der Waals surface area contributed by atoms with Crippen molar-refractivity contribution >= 4 is 36.6 Å². The van der Waals surface area contributed by atoms with Gasteiger partial charge >= 0.3 is 13.8 Å². The molecule has 0 radical (unpaired) electrons. The third-order valence-corrected chi connectivity index (χ3v) is 9.75. The number of methoxy groups -OCH3 is 1. The number of fused-ring (bicyclic) bond motifs is 1. The van der Waals surface area contributed by atoms with Crippen LogP contribution in [0.1, 0.15) is 47.3 Å². The van der Waals surface area contributed by atoms with Gasteiger partial charge in [-0.05, 0) is 49.6 Å². The van der Waals surface area contributed by atoms with Gasteiger partial charge in [-0.1, -0.05) is 6.07 Å². The Morgan fingerprint density at radius 1 is 1.06 bits per heavy atom. The van der Waals surface area contributed by atoms with Gasteiger partial charge < -0.3 is 34.4 Å². The first-order chi connectivity index (χ1) is 23.8. The van der Waals surface area contributed by atoms with E-state index in [0.717, 1.165) is 6.07 Å². The fourth-order valence-electron chi connectivity index (χ4n) is 5.54. The lowest BCUT2D eigenvalue weighted by molar-refractivity contribution is -0.137. The van der Waals surface area contributed by atoms with Crippen molar-refractivity contribution in [3.8, 4) is 16.9 Å². The van der Waals surface area contributed by atoms with E-state index in [1.54, 1.807) is 38.2 Å². The zero-order chi connectivity index (χ0) is 36.2. The summed E-state index contributed by atoms with van der Waals surface area (Å²) in [4.78, 5) is 22.5. The molecule has 0 spiro atoms. The molecule has 50 heavy (non-hydrogen) atoms. The molecule has 2 aromatic carbocycles. The lowest BCUT2D eigenvalue weighted by atomic mass is 9.96. The molecule has 3 heterocycles. The minimum atomic E-state index is -4.92. The third-order valence-electron chi connectivity index (χ3n) is 7.69. The molecule has 4 aromatic rings. The average molecular weight is 722 g/mol. The van der Waals surface area contributed by atoms with Crippen LogP contribution in [0.2, 0.25) is 0 Å². The molecule has 0 saturated heterocycles. The number of rotatable bonds is 15. The number of anilines is 4. The molecule has 13 nitrogen and oxygen atoms in total. The van der Waals surface area contributed by atoms with Gasteiger partial charge in [0.05, 0.1) is 49.6 Å². The molecular weight excluding hydrogens is 685 g/mol. The lowest BCUT2D eigenvalue weighted by Crippen LogP contribution is -2.18. The van der Waals surface area contributed by atoms with Gasteiger partial charge in [-0.15, -0.1) is 0 Å². The molecule has 3 N–H and O–H groups in total. The van der Waals surface area contributed by atoms with Crippen molar-refractivity contribution in [3.63, 3.8) is 0 Å². The van der Waals surface area contributed by atoms with Crippen LogP contribution < -0.4 is 15.4 Å². The largest absolute Gasteiger partial charge is 0.495 e. The molecule has 18 heteroatoms. The van der Waals surface area contributed by atoms with Crippen LogP contribution >= 0.6 is 7.60 Å². The number of nitrogens with one attached hydrogen (secondary N) is 2. The van der Waals surface area contributed by atoms with Gasteiger partial charge in [-0.25, -0.2) is 9.37 Å². The van der Waals surface area contributed by atoms with Crippen molar-refractivity contribution in [3.05, 3.63) is 70.9 Å². The van der Waals surface area contributed by atoms with Crippen LogP contribution in [-0.4, -0.2) is 69.6 Å². The molecule has 1 aliphatic heterocycles. The first-order valence-corrected chi connectivity index (χ1v) is 17.3. The second kappa shape index (κ2) is 15.1. The van der Waals surface area contributed by atoms with Crippen molar-refractivity contribution in [2.45, 2.75) is 45.7 Å². The number of carbonyl (C=O) groups is 1. The topological polar surface area (TPSA) is 153 Å². The fourth-order valence-corrected chi connectivity index (χ4v) is 7.23. The number of aliphatic hydroxyl groups excluding tert-OH is 1. The molecule has 5 rings (SSSR count). The van der Waals surface area contributed by atoms with Gasteiger partial charge in [0.15, 0.2) is 0 Å². The summed E-state index contributed by atoms with van der Waals surface area (Å²) in [5.41, 5.74) is 0.0802. The van der Waals surface area contributed by atoms with E-state index in [1.165, 1.54) is 29.9 Å². The highest BCUT2D eigenvalue weighted by molar-refractivity contribution is 7.53. The highest BCUT2D eigenvalue weighted by atomic mass is 31.2. The Hall–Kier alpha value is -4.57. The zero-order valence-electron chi connectivity index (χ0n) is 27.7. The molecule has 268 valence electrons. The van der Waals surface area contributed by atoms with Gasteiger partial charge in [-0.3, -0.25) is 14.0 Å². The van der Waals surface area contributed by atoms with E-state index < -0.39 is 36.9 Å². The quantitative estimate of drug-likeness (QED) is 0.0885. The number of benzene rings is 2. The maximum Gasteiger partial charge on any atom is 0.421 e. The molecule has 1 aliphatic rings. The summed E-state index contributed by atoms with van der Waals surface area (Å²) in [7, 11) is -0.563. The number of alkyl halides is 3. The van der Waals surface area contributed by atoms with E-state index in [-0.39, 0.29) is 72.3 Å². The van der Waals surface area contributed by atoms with E-state index in [4.69, 9.17) is 18.9 Å². The molecular formula is C32H36F4N7O6P.